The Morgan fingerprint density at radius 3 is 2.50 bits per heavy atom. The summed E-state index contributed by atoms with van der Waals surface area (Å²) in [5.74, 6) is -1.22. The van der Waals surface area contributed by atoms with Crippen molar-refractivity contribution >= 4 is 17.4 Å². The van der Waals surface area contributed by atoms with Gasteiger partial charge in [0.1, 0.15) is 23.0 Å². The summed E-state index contributed by atoms with van der Waals surface area (Å²) >= 11 is 0. The lowest BCUT2D eigenvalue weighted by atomic mass is 9.94. The highest BCUT2D eigenvalue weighted by atomic mass is 16.5. The quantitative estimate of drug-likeness (QED) is 0.326. The van der Waals surface area contributed by atoms with Crippen LogP contribution >= 0.6 is 0 Å². The molecule has 0 aromatic heterocycles. The minimum absolute atomic E-state index is 0.0431. The molecule has 192 valence electrons. The number of rotatable bonds is 8. The molecule has 2 heterocycles. The smallest absolute Gasteiger partial charge is 0.295 e. The van der Waals surface area contributed by atoms with Gasteiger partial charge < -0.3 is 29.3 Å². The molecule has 4 rings (SSSR count). The number of methoxy groups -OCH3 is 1. The molecule has 1 atom stereocenters. The van der Waals surface area contributed by atoms with Crippen molar-refractivity contribution in [3.8, 4) is 17.2 Å². The summed E-state index contributed by atoms with van der Waals surface area (Å²) in [4.78, 5) is 30.2. The zero-order valence-electron chi connectivity index (χ0n) is 20.8. The Bertz CT molecular complexity index is 1150. The van der Waals surface area contributed by atoms with Gasteiger partial charge in [0.15, 0.2) is 0 Å². The van der Waals surface area contributed by atoms with Crippen LogP contribution < -0.4 is 9.47 Å². The molecule has 2 fully saturated rings. The molecule has 2 aromatic rings. The Kier molecular flexibility index (Phi) is 7.81. The van der Waals surface area contributed by atoms with Crippen LogP contribution in [0.5, 0.6) is 17.2 Å². The number of likely N-dealkylation sites (tertiary alicyclic amines) is 1. The molecule has 0 aliphatic carbocycles. The van der Waals surface area contributed by atoms with Gasteiger partial charge in [-0.15, -0.1) is 0 Å². The van der Waals surface area contributed by atoms with E-state index in [2.05, 4.69) is 4.90 Å². The van der Waals surface area contributed by atoms with Crippen molar-refractivity contribution < 1.29 is 34.0 Å². The summed E-state index contributed by atoms with van der Waals surface area (Å²) in [6.07, 6.45) is -0.0656. The van der Waals surface area contributed by atoms with Crippen molar-refractivity contribution in [3.05, 3.63) is 59.2 Å². The molecule has 1 unspecified atom stereocenters. The van der Waals surface area contributed by atoms with Crippen LogP contribution in [0.15, 0.2) is 48.0 Å². The number of phenols is 1. The van der Waals surface area contributed by atoms with Crippen LogP contribution in [0.1, 0.15) is 31.0 Å². The zero-order valence-corrected chi connectivity index (χ0v) is 20.8. The third-order valence-corrected chi connectivity index (χ3v) is 6.31. The van der Waals surface area contributed by atoms with Crippen molar-refractivity contribution in [2.75, 3.05) is 46.5 Å². The number of benzene rings is 2. The normalized spacial score (nSPS) is 20.2. The van der Waals surface area contributed by atoms with Gasteiger partial charge in [-0.1, -0.05) is 12.1 Å². The van der Waals surface area contributed by atoms with E-state index in [1.807, 2.05) is 13.8 Å². The maximum Gasteiger partial charge on any atom is 0.295 e. The lowest BCUT2D eigenvalue weighted by Crippen LogP contribution is -2.42. The van der Waals surface area contributed by atoms with E-state index >= 15 is 0 Å². The molecule has 1 amide bonds. The molecule has 36 heavy (non-hydrogen) atoms. The summed E-state index contributed by atoms with van der Waals surface area (Å²) in [5, 5.41) is 21.8. The van der Waals surface area contributed by atoms with Crippen molar-refractivity contribution in [1.29, 1.82) is 0 Å². The van der Waals surface area contributed by atoms with Crippen molar-refractivity contribution in [3.63, 3.8) is 0 Å². The third-order valence-electron chi connectivity index (χ3n) is 6.31. The summed E-state index contributed by atoms with van der Waals surface area (Å²) in [7, 11) is 1.46. The van der Waals surface area contributed by atoms with Crippen molar-refractivity contribution in [2.45, 2.75) is 26.0 Å². The first-order valence-electron chi connectivity index (χ1n) is 12.0. The summed E-state index contributed by atoms with van der Waals surface area (Å²) in [6.45, 7) is 7.39. The van der Waals surface area contributed by atoms with E-state index < -0.39 is 23.5 Å². The highest BCUT2D eigenvalue weighted by molar-refractivity contribution is 6.46. The lowest BCUT2D eigenvalue weighted by Gasteiger charge is -2.31. The zero-order chi connectivity index (χ0) is 25.8. The fourth-order valence-electron chi connectivity index (χ4n) is 4.54. The number of phenolic OH excluding ortho intramolecular Hbond substituents is 1. The van der Waals surface area contributed by atoms with Crippen molar-refractivity contribution in [1.82, 2.24) is 9.80 Å². The number of ketones is 1. The third kappa shape index (κ3) is 5.32. The largest absolute Gasteiger partial charge is 0.507 e. The Morgan fingerprint density at radius 2 is 1.83 bits per heavy atom. The molecule has 2 N–H and O–H groups in total. The van der Waals surface area contributed by atoms with Crippen molar-refractivity contribution in [2.24, 2.45) is 0 Å². The molecule has 2 aliphatic rings. The Hall–Kier alpha value is -3.56. The molecular formula is C27H32N2O7. The van der Waals surface area contributed by atoms with E-state index in [9.17, 15) is 19.8 Å². The highest BCUT2D eigenvalue weighted by Gasteiger charge is 2.46. The number of aromatic hydroxyl groups is 1. The number of amides is 1. The van der Waals surface area contributed by atoms with Crippen LogP contribution in [-0.4, -0.2) is 84.3 Å². The van der Waals surface area contributed by atoms with Crippen LogP contribution in [0.2, 0.25) is 0 Å². The number of carbonyl (C=O) groups is 2. The number of ether oxygens (including phenoxy) is 3. The molecular weight excluding hydrogens is 464 g/mol. The predicted molar refractivity (Wildman–Crippen MR) is 133 cm³/mol. The SMILES string of the molecule is COc1ccc(/C(O)=C2\C(=O)C(=O)N(CCN3CCOCC3)C2c2cccc(OC(C)C)c2)c(O)c1. The number of aliphatic hydroxyl groups excluding tert-OH is 1. The summed E-state index contributed by atoms with van der Waals surface area (Å²) in [5.41, 5.74) is 0.592. The Balaban J connectivity index is 1.77. The number of Topliss-reactive ketones (excluding diaryl/α,β-unsaturated/α-hetero) is 1. The number of hydrogen-bond donors (Lipinski definition) is 2. The monoisotopic (exact) mass is 496 g/mol. The molecule has 0 spiro atoms. The van der Waals surface area contributed by atoms with Gasteiger partial charge in [-0.05, 0) is 43.7 Å². The van der Waals surface area contributed by atoms with E-state index in [1.54, 1.807) is 30.3 Å². The van der Waals surface area contributed by atoms with Gasteiger partial charge >= 0.3 is 0 Å². The standard InChI is InChI=1S/C27H32N2O7/c1-17(2)36-20-6-4-5-18(15-20)24-23(25(31)21-8-7-19(34-3)16-22(21)30)26(32)27(33)29(24)10-9-28-11-13-35-14-12-28/h4-8,15-17,24,30-31H,9-14H2,1-3H3/b25-23+. The first kappa shape index (κ1) is 25.5. The number of morpholine rings is 1. The van der Waals surface area contributed by atoms with Crippen LogP contribution in [0.4, 0.5) is 0 Å². The van der Waals surface area contributed by atoms with Gasteiger partial charge in [-0.2, -0.15) is 0 Å². The fraction of sp³-hybridized carbons (Fsp3) is 0.407. The minimum Gasteiger partial charge on any atom is -0.507 e. The molecule has 0 radical (unpaired) electrons. The van der Waals surface area contributed by atoms with Gasteiger partial charge in [0, 0.05) is 32.2 Å². The van der Waals surface area contributed by atoms with Crippen LogP contribution in [0, 0.1) is 0 Å². The molecule has 0 saturated carbocycles. The average molecular weight is 497 g/mol. The number of carbonyl (C=O) groups excluding carboxylic acids is 2. The number of hydrogen-bond acceptors (Lipinski definition) is 8. The van der Waals surface area contributed by atoms with Gasteiger partial charge in [0.25, 0.3) is 11.7 Å². The summed E-state index contributed by atoms with van der Waals surface area (Å²) < 4.78 is 16.4. The molecule has 2 saturated heterocycles. The topological polar surface area (TPSA) is 109 Å². The van der Waals surface area contributed by atoms with Gasteiger partial charge in [-0.3, -0.25) is 14.5 Å². The molecule has 0 bridgehead atoms. The number of aliphatic hydroxyl groups is 1. The second kappa shape index (κ2) is 11.0. The van der Waals surface area contributed by atoms with Crippen LogP contribution in [0.3, 0.4) is 0 Å². The highest BCUT2D eigenvalue weighted by Crippen LogP contribution is 2.42. The Labute approximate surface area is 210 Å². The molecule has 9 nitrogen and oxygen atoms in total. The maximum absolute atomic E-state index is 13.3. The van der Waals surface area contributed by atoms with Crippen LogP contribution in [0.25, 0.3) is 5.76 Å². The van der Waals surface area contributed by atoms with Gasteiger partial charge in [-0.25, -0.2) is 0 Å². The lowest BCUT2D eigenvalue weighted by molar-refractivity contribution is -0.140. The second-order valence-corrected chi connectivity index (χ2v) is 9.07. The minimum atomic E-state index is -0.844. The van der Waals surface area contributed by atoms with E-state index in [-0.39, 0.29) is 29.5 Å². The second-order valence-electron chi connectivity index (χ2n) is 9.07. The van der Waals surface area contributed by atoms with Crippen LogP contribution in [-0.2, 0) is 14.3 Å². The molecule has 2 aromatic carbocycles. The molecule has 9 heteroatoms. The average Bonchev–Trinajstić information content (AvgIpc) is 3.12. The van der Waals surface area contributed by atoms with E-state index in [0.717, 1.165) is 13.1 Å². The van der Waals surface area contributed by atoms with E-state index in [4.69, 9.17) is 14.2 Å². The maximum atomic E-state index is 13.3. The van der Waals surface area contributed by atoms with E-state index in [1.165, 1.54) is 24.1 Å². The first-order chi connectivity index (χ1) is 17.3. The predicted octanol–water partition coefficient (Wildman–Crippen LogP) is 2.94. The fourth-order valence-corrected chi connectivity index (χ4v) is 4.54. The first-order valence-corrected chi connectivity index (χ1v) is 12.0. The van der Waals surface area contributed by atoms with E-state index in [0.29, 0.717) is 36.8 Å². The Morgan fingerprint density at radius 1 is 1.08 bits per heavy atom. The van der Waals surface area contributed by atoms with Gasteiger partial charge in [0.2, 0.25) is 0 Å². The molecule has 2 aliphatic heterocycles. The summed E-state index contributed by atoms with van der Waals surface area (Å²) in [6, 6.07) is 10.7. The number of nitrogens with zero attached hydrogens (tertiary/aromatic N) is 2. The van der Waals surface area contributed by atoms with Gasteiger partial charge in [0.05, 0.1) is 43.6 Å².